The third-order valence-corrected chi connectivity index (χ3v) is 6.61. The maximum Gasteiger partial charge on any atom is 0.327 e. The number of aromatic nitrogens is 4. The van der Waals surface area contributed by atoms with E-state index in [9.17, 15) is 13.2 Å². The predicted octanol–water partition coefficient (Wildman–Crippen LogP) is 2.54. The normalized spacial score (nSPS) is 11.8. The number of hydrogen-bond acceptors (Lipinski definition) is 9. The molecular formula is C19H22ClN5O4S2. The van der Waals surface area contributed by atoms with Gasteiger partial charge in [0.1, 0.15) is 23.9 Å². The van der Waals surface area contributed by atoms with Gasteiger partial charge in [0.25, 0.3) is 0 Å². The number of esters is 1. The first-order valence-electron chi connectivity index (χ1n) is 9.24. The fourth-order valence-corrected chi connectivity index (χ4v) is 4.24. The summed E-state index contributed by atoms with van der Waals surface area (Å²) in [6, 6.07) is 6.48. The molecular weight excluding hydrogens is 462 g/mol. The van der Waals surface area contributed by atoms with Crippen LogP contribution in [-0.2, 0) is 25.9 Å². The van der Waals surface area contributed by atoms with Gasteiger partial charge >= 0.3 is 5.97 Å². The first kappa shape index (κ1) is 23.3. The molecule has 0 unspecified atom stereocenters. The van der Waals surface area contributed by atoms with Gasteiger partial charge in [-0.25, -0.2) is 18.1 Å². The fourth-order valence-electron chi connectivity index (χ4n) is 2.69. The monoisotopic (exact) mass is 483 g/mol. The van der Waals surface area contributed by atoms with Crippen molar-refractivity contribution in [1.29, 1.82) is 0 Å². The maximum atomic E-state index is 12.2. The van der Waals surface area contributed by atoms with E-state index >= 15 is 0 Å². The first-order chi connectivity index (χ1) is 14.6. The molecule has 0 aliphatic rings. The molecule has 0 saturated carbocycles. The van der Waals surface area contributed by atoms with Gasteiger partial charge in [-0.3, -0.25) is 4.79 Å². The minimum Gasteiger partial charge on any atom is -0.463 e. The van der Waals surface area contributed by atoms with Crippen LogP contribution in [0.3, 0.4) is 0 Å². The number of ether oxygens (including phenoxy) is 1. The number of nitrogens with zero attached hydrogens (tertiary/aromatic N) is 5. The molecule has 1 aromatic carbocycles. The zero-order valence-corrected chi connectivity index (χ0v) is 19.9. The van der Waals surface area contributed by atoms with Crippen LogP contribution in [0.25, 0.3) is 22.1 Å². The van der Waals surface area contributed by atoms with Crippen molar-refractivity contribution in [3.05, 3.63) is 35.0 Å². The van der Waals surface area contributed by atoms with Gasteiger partial charge < -0.3 is 9.64 Å². The van der Waals surface area contributed by atoms with E-state index in [0.717, 1.165) is 17.8 Å². The van der Waals surface area contributed by atoms with Gasteiger partial charge in [-0.05, 0) is 44.7 Å². The number of hydrogen-bond donors (Lipinski definition) is 0. The minimum atomic E-state index is -3.35. The Labute approximate surface area is 189 Å². The molecule has 0 radical (unpaired) electrons. The molecule has 0 saturated heterocycles. The van der Waals surface area contributed by atoms with Crippen LogP contribution in [0, 0.1) is 6.92 Å². The zero-order valence-electron chi connectivity index (χ0n) is 17.5. The molecule has 0 bridgehead atoms. The van der Waals surface area contributed by atoms with Crippen molar-refractivity contribution in [3.63, 3.8) is 0 Å². The van der Waals surface area contributed by atoms with Gasteiger partial charge in [0.15, 0.2) is 15.7 Å². The highest BCUT2D eigenvalue weighted by Gasteiger charge is 2.22. The lowest BCUT2D eigenvalue weighted by Crippen LogP contribution is -2.22. The summed E-state index contributed by atoms with van der Waals surface area (Å²) in [7, 11) is 0.429. The highest BCUT2D eigenvalue weighted by Crippen LogP contribution is 2.32. The summed E-state index contributed by atoms with van der Waals surface area (Å²) < 4.78 is 34.7. The smallest absolute Gasteiger partial charge is 0.327 e. The Bertz CT molecular complexity index is 1200. The largest absolute Gasteiger partial charge is 0.463 e. The van der Waals surface area contributed by atoms with Gasteiger partial charge in [-0.2, -0.15) is 9.47 Å². The summed E-state index contributed by atoms with van der Waals surface area (Å²) in [6.07, 6.45) is 1.15. The van der Waals surface area contributed by atoms with E-state index in [1.54, 1.807) is 25.1 Å². The third kappa shape index (κ3) is 5.67. The average Bonchev–Trinajstić information content (AvgIpc) is 3.26. The number of likely N-dealkylation sites (N-methyl/N-ethyl adjacent to an activating group) is 1. The lowest BCUT2D eigenvalue weighted by atomic mass is 10.2. The Morgan fingerprint density at radius 2 is 2.06 bits per heavy atom. The van der Waals surface area contributed by atoms with Crippen LogP contribution in [0.4, 0.5) is 0 Å². The SMILES string of the molecule is Cc1nn(CC(=O)OCCN(C)C)c(-c2nsc(-c3cccc(S(C)(=O)=O)c3)n2)c1Cl. The topological polar surface area (TPSA) is 107 Å². The molecule has 0 N–H and O–H groups in total. The van der Waals surface area contributed by atoms with Crippen LogP contribution < -0.4 is 0 Å². The third-order valence-electron chi connectivity index (χ3n) is 4.28. The number of halogens is 1. The summed E-state index contributed by atoms with van der Waals surface area (Å²) in [5, 5.41) is 5.18. The maximum absolute atomic E-state index is 12.2. The lowest BCUT2D eigenvalue weighted by molar-refractivity contribution is -0.144. The second-order valence-corrected chi connectivity index (χ2v) is 10.3. The molecule has 2 aromatic heterocycles. The van der Waals surface area contributed by atoms with E-state index in [1.807, 2.05) is 19.0 Å². The van der Waals surface area contributed by atoms with Gasteiger partial charge in [0.05, 0.1) is 15.6 Å². The van der Waals surface area contributed by atoms with Crippen LogP contribution in [0.5, 0.6) is 0 Å². The van der Waals surface area contributed by atoms with Crippen molar-refractivity contribution < 1.29 is 17.9 Å². The lowest BCUT2D eigenvalue weighted by Gasteiger charge is -2.10. The molecule has 166 valence electrons. The number of benzene rings is 1. The van der Waals surface area contributed by atoms with Crippen LogP contribution in [0.2, 0.25) is 5.02 Å². The van der Waals surface area contributed by atoms with Crippen molar-refractivity contribution >= 4 is 38.9 Å². The quantitative estimate of drug-likeness (QED) is 0.450. The van der Waals surface area contributed by atoms with E-state index in [1.165, 1.54) is 10.7 Å². The first-order valence-corrected chi connectivity index (χ1v) is 12.3. The van der Waals surface area contributed by atoms with Crippen LogP contribution in [0.1, 0.15) is 5.69 Å². The summed E-state index contributed by atoms with van der Waals surface area (Å²) in [4.78, 5) is 18.8. The Balaban J connectivity index is 1.88. The molecule has 0 fully saturated rings. The number of sulfone groups is 1. The van der Waals surface area contributed by atoms with Gasteiger partial charge in [-0.1, -0.05) is 23.7 Å². The van der Waals surface area contributed by atoms with Gasteiger partial charge in [0.2, 0.25) is 0 Å². The second kappa shape index (κ2) is 9.43. The molecule has 12 heteroatoms. The minimum absolute atomic E-state index is 0.131. The summed E-state index contributed by atoms with van der Waals surface area (Å²) in [5.41, 5.74) is 1.56. The van der Waals surface area contributed by atoms with Gasteiger partial charge in [0, 0.05) is 18.4 Å². The molecule has 31 heavy (non-hydrogen) atoms. The van der Waals surface area contributed by atoms with Crippen molar-refractivity contribution in [1.82, 2.24) is 24.0 Å². The van der Waals surface area contributed by atoms with E-state index < -0.39 is 15.8 Å². The predicted molar refractivity (Wildman–Crippen MR) is 119 cm³/mol. The summed E-state index contributed by atoms with van der Waals surface area (Å²) in [6.45, 7) is 2.48. The standard InChI is InChI=1S/C19H22ClN5O4S2/c1-12-16(20)17(25(22-12)11-15(26)29-9-8-24(2)3)18-21-19(30-23-18)13-6-5-7-14(10-13)31(4,27)28/h5-7,10H,8-9,11H2,1-4H3. The van der Waals surface area contributed by atoms with Crippen LogP contribution in [0.15, 0.2) is 29.2 Å². The molecule has 0 aliphatic heterocycles. The number of carbonyl (C=O) groups is 1. The van der Waals surface area contributed by atoms with Crippen molar-refractivity contribution in [2.24, 2.45) is 0 Å². The van der Waals surface area contributed by atoms with Gasteiger partial charge in [-0.15, -0.1) is 0 Å². The number of carbonyl (C=O) groups excluding carboxylic acids is 1. The average molecular weight is 484 g/mol. The Morgan fingerprint density at radius 1 is 1.32 bits per heavy atom. The molecule has 0 spiro atoms. The molecule has 3 rings (SSSR count). The molecule has 3 aromatic rings. The van der Waals surface area contributed by atoms with Crippen LogP contribution in [-0.4, -0.2) is 71.9 Å². The van der Waals surface area contributed by atoms with E-state index in [0.29, 0.717) is 39.4 Å². The van der Waals surface area contributed by atoms with E-state index in [4.69, 9.17) is 16.3 Å². The highest BCUT2D eigenvalue weighted by molar-refractivity contribution is 7.90. The second-order valence-electron chi connectivity index (χ2n) is 7.15. The van der Waals surface area contributed by atoms with E-state index in [2.05, 4.69) is 14.5 Å². The van der Waals surface area contributed by atoms with E-state index in [-0.39, 0.29) is 18.0 Å². The Kier molecular flexibility index (Phi) is 7.10. The molecule has 0 amide bonds. The fraction of sp³-hybridized carbons (Fsp3) is 0.368. The highest BCUT2D eigenvalue weighted by atomic mass is 35.5. The number of aryl methyl sites for hydroxylation is 1. The van der Waals surface area contributed by atoms with Crippen LogP contribution >= 0.6 is 23.1 Å². The summed E-state index contributed by atoms with van der Waals surface area (Å²) >= 11 is 7.52. The zero-order chi connectivity index (χ0) is 22.8. The molecule has 9 nitrogen and oxygen atoms in total. The van der Waals surface area contributed by atoms with Crippen molar-refractivity contribution in [2.75, 3.05) is 33.5 Å². The molecule has 0 atom stereocenters. The van der Waals surface area contributed by atoms with Crippen molar-refractivity contribution in [2.45, 2.75) is 18.4 Å². The number of rotatable bonds is 8. The van der Waals surface area contributed by atoms with Crippen molar-refractivity contribution in [3.8, 4) is 22.1 Å². The summed E-state index contributed by atoms with van der Waals surface area (Å²) in [5.74, 6) is -0.143. The Hall–Kier alpha value is -2.34. The Morgan fingerprint density at radius 3 is 2.74 bits per heavy atom. The molecule has 0 aliphatic carbocycles. The molecule has 2 heterocycles.